The molecule has 0 saturated carbocycles. The molecule has 8 heteroatoms. The maximum absolute atomic E-state index is 12.3. The van der Waals surface area contributed by atoms with Crippen molar-refractivity contribution in [1.82, 2.24) is 19.5 Å². The van der Waals surface area contributed by atoms with E-state index in [0.29, 0.717) is 11.3 Å². The molecule has 0 atom stereocenters. The number of hydrogen-bond donors (Lipinski definition) is 0. The Morgan fingerprint density at radius 3 is 2.26 bits per heavy atom. The second-order valence-electron chi connectivity index (χ2n) is 9.44. The summed E-state index contributed by atoms with van der Waals surface area (Å²) in [6.45, 7) is 12.2. The zero-order valence-corrected chi connectivity index (χ0v) is 19.5. The van der Waals surface area contributed by atoms with Gasteiger partial charge in [-0.2, -0.15) is 5.10 Å². The first kappa shape index (κ1) is 21.5. The predicted molar refractivity (Wildman–Crippen MR) is 122 cm³/mol. The van der Waals surface area contributed by atoms with Gasteiger partial charge in [0.05, 0.1) is 16.9 Å². The predicted octanol–water partition coefficient (Wildman–Crippen LogP) is 3.01. The van der Waals surface area contributed by atoms with E-state index in [-0.39, 0.29) is 17.1 Å². The molecule has 2 aromatic heterocycles. The van der Waals surface area contributed by atoms with Crippen molar-refractivity contribution in [1.29, 1.82) is 0 Å². The van der Waals surface area contributed by atoms with E-state index >= 15 is 0 Å². The van der Waals surface area contributed by atoms with Crippen LogP contribution in [0.3, 0.4) is 0 Å². The lowest BCUT2D eigenvalue weighted by Crippen LogP contribution is -2.41. The highest BCUT2D eigenvalue weighted by molar-refractivity contribution is 6.62. The highest BCUT2D eigenvalue weighted by Crippen LogP contribution is 2.36. The zero-order chi connectivity index (χ0) is 22.7. The third-order valence-corrected chi connectivity index (χ3v) is 6.28. The van der Waals surface area contributed by atoms with Crippen LogP contribution < -0.4 is 5.46 Å². The van der Waals surface area contributed by atoms with E-state index in [4.69, 9.17) is 14.4 Å². The number of fused-ring (bicyclic) bond motifs is 1. The molecule has 31 heavy (non-hydrogen) atoms. The summed E-state index contributed by atoms with van der Waals surface area (Å²) in [5, 5.41) is 4.73. The van der Waals surface area contributed by atoms with Crippen molar-refractivity contribution in [3.05, 3.63) is 47.3 Å². The molecular weight excluding hydrogens is 391 g/mol. The van der Waals surface area contributed by atoms with Gasteiger partial charge in [0.2, 0.25) is 0 Å². The minimum Gasteiger partial charge on any atom is -0.399 e. The van der Waals surface area contributed by atoms with Crippen molar-refractivity contribution < 1.29 is 14.1 Å². The second-order valence-corrected chi connectivity index (χ2v) is 9.44. The lowest BCUT2D eigenvalue weighted by Gasteiger charge is -2.32. The minimum atomic E-state index is -0.401. The largest absolute Gasteiger partial charge is 0.494 e. The van der Waals surface area contributed by atoms with Crippen LogP contribution in [-0.4, -0.2) is 57.8 Å². The molecule has 3 aromatic rings. The van der Waals surface area contributed by atoms with Crippen molar-refractivity contribution in [2.24, 2.45) is 0 Å². The molecule has 0 bridgehead atoms. The topological polar surface area (TPSA) is 69.0 Å². The summed E-state index contributed by atoms with van der Waals surface area (Å²) in [5.74, 6) is -0.128. The van der Waals surface area contributed by atoms with Gasteiger partial charge in [-0.1, -0.05) is 18.2 Å². The van der Waals surface area contributed by atoms with Gasteiger partial charge in [-0.25, -0.2) is 9.50 Å². The molecule has 0 N–H and O–H groups in total. The summed E-state index contributed by atoms with van der Waals surface area (Å²) < 4.78 is 14.1. The number of benzene rings is 1. The molecule has 4 rings (SSSR count). The van der Waals surface area contributed by atoms with Crippen LogP contribution in [0.2, 0.25) is 0 Å². The van der Waals surface area contributed by atoms with Gasteiger partial charge >= 0.3 is 7.12 Å². The van der Waals surface area contributed by atoms with Gasteiger partial charge < -0.3 is 14.2 Å². The molecule has 0 spiro atoms. The monoisotopic (exact) mass is 420 g/mol. The smallest absolute Gasteiger partial charge is 0.399 e. The second kappa shape index (κ2) is 7.17. The molecule has 3 heterocycles. The van der Waals surface area contributed by atoms with Crippen molar-refractivity contribution in [3.8, 4) is 11.3 Å². The number of carbonyl (C=O) groups is 1. The summed E-state index contributed by atoms with van der Waals surface area (Å²) in [4.78, 5) is 18.4. The van der Waals surface area contributed by atoms with Crippen LogP contribution in [0.5, 0.6) is 0 Å². The van der Waals surface area contributed by atoms with Gasteiger partial charge in [0.25, 0.3) is 5.91 Å². The lowest BCUT2D eigenvalue weighted by atomic mass is 9.77. The molecule has 1 aromatic carbocycles. The summed E-state index contributed by atoms with van der Waals surface area (Å²) >= 11 is 0. The fraction of sp³-hybridized carbons (Fsp3) is 0.435. The zero-order valence-electron chi connectivity index (χ0n) is 19.5. The van der Waals surface area contributed by atoms with Crippen molar-refractivity contribution in [3.63, 3.8) is 0 Å². The van der Waals surface area contributed by atoms with E-state index in [2.05, 4.69) is 45.7 Å². The quantitative estimate of drug-likeness (QED) is 0.610. The van der Waals surface area contributed by atoms with Crippen LogP contribution in [0, 0.1) is 13.8 Å². The van der Waals surface area contributed by atoms with Crippen LogP contribution in [0.1, 0.15) is 49.4 Å². The van der Waals surface area contributed by atoms with E-state index in [0.717, 1.165) is 28.0 Å². The first-order chi connectivity index (χ1) is 14.4. The maximum atomic E-state index is 12.3. The Balaban J connectivity index is 1.69. The third kappa shape index (κ3) is 3.64. The normalized spacial score (nSPS) is 17.4. The Morgan fingerprint density at radius 1 is 1.03 bits per heavy atom. The standard InChI is InChI=1S/C23H29BN4O3/c1-14-11-16(24-30-22(3,4)23(5,6)31-24)9-10-17(14)18-13-20-25-19(21(29)27(7)8)12-15(2)28(20)26-18/h9-13H,1-8H3. The highest BCUT2D eigenvalue weighted by atomic mass is 16.7. The maximum Gasteiger partial charge on any atom is 0.494 e. The van der Waals surface area contributed by atoms with E-state index in [1.807, 2.05) is 25.1 Å². The molecule has 0 radical (unpaired) electrons. The van der Waals surface area contributed by atoms with Crippen molar-refractivity contribution in [2.45, 2.75) is 52.7 Å². The fourth-order valence-electron chi connectivity index (χ4n) is 3.70. The number of carbonyl (C=O) groups excluding carboxylic acids is 1. The van der Waals surface area contributed by atoms with Crippen molar-refractivity contribution >= 4 is 24.1 Å². The first-order valence-corrected chi connectivity index (χ1v) is 10.5. The van der Waals surface area contributed by atoms with Crippen LogP contribution in [0.15, 0.2) is 30.3 Å². The van der Waals surface area contributed by atoms with Crippen molar-refractivity contribution in [2.75, 3.05) is 14.1 Å². The molecule has 1 saturated heterocycles. The number of aryl methyl sites for hydroxylation is 2. The summed E-state index contributed by atoms with van der Waals surface area (Å²) in [7, 11) is 3.04. The van der Waals surface area contributed by atoms with Gasteiger partial charge in [0.15, 0.2) is 5.65 Å². The average Bonchev–Trinajstić information content (AvgIpc) is 3.19. The van der Waals surface area contributed by atoms with Crippen LogP contribution in [0.4, 0.5) is 0 Å². The fourth-order valence-corrected chi connectivity index (χ4v) is 3.70. The summed E-state index contributed by atoms with van der Waals surface area (Å²) in [6.07, 6.45) is 0. The first-order valence-electron chi connectivity index (χ1n) is 10.5. The lowest BCUT2D eigenvalue weighted by molar-refractivity contribution is 0.00578. The molecule has 7 nitrogen and oxygen atoms in total. The Bertz CT molecular complexity index is 1170. The van der Waals surface area contributed by atoms with E-state index < -0.39 is 7.12 Å². The Morgan fingerprint density at radius 2 is 1.68 bits per heavy atom. The molecule has 1 amide bonds. The number of nitrogens with zero attached hydrogens (tertiary/aromatic N) is 4. The van der Waals surface area contributed by atoms with Gasteiger partial charge in [0, 0.05) is 31.4 Å². The van der Waals surface area contributed by atoms with Crippen LogP contribution >= 0.6 is 0 Å². The number of hydrogen-bond acceptors (Lipinski definition) is 5. The Labute approximate surface area is 183 Å². The molecule has 0 unspecified atom stereocenters. The van der Waals surface area contributed by atoms with Crippen LogP contribution in [0.25, 0.3) is 16.9 Å². The van der Waals surface area contributed by atoms with Gasteiger partial charge in [0.1, 0.15) is 5.69 Å². The molecule has 1 aliphatic heterocycles. The Kier molecular flexibility index (Phi) is 4.98. The van der Waals surface area contributed by atoms with Gasteiger partial charge in [-0.3, -0.25) is 4.79 Å². The van der Waals surface area contributed by atoms with Gasteiger partial charge in [-0.05, 0) is 58.6 Å². The molecule has 0 aliphatic carbocycles. The third-order valence-electron chi connectivity index (χ3n) is 6.28. The average molecular weight is 420 g/mol. The molecule has 1 fully saturated rings. The number of rotatable bonds is 3. The highest BCUT2D eigenvalue weighted by Gasteiger charge is 2.51. The SMILES string of the molecule is Cc1cc(B2OC(C)(C)C(C)(C)O2)ccc1-c1cc2nc(C(=O)N(C)C)cc(C)n2n1. The molecule has 1 aliphatic rings. The van der Waals surface area contributed by atoms with E-state index in [1.165, 1.54) is 4.90 Å². The van der Waals surface area contributed by atoms with Crippen LogP contribution in [-0.2, 0) is 9.31 Å². The summed E-state index contributed by atoms with van der Waals surface area (Å²) in [5.41, 5.74) is 5.02. The minimum absolute atomic E-state index is 0.128. The summed E-state index contributed by atoms with van der Waals surface area (Å²) in [6, 6.07) is 9.83. The number of aromatic nitrogens is 3. The van der Waals surface area contributed by atoms with E-state index in [9.17, 15) is 4.79 Å². The van der Waals surface area contributed by atoms with Gasteiger partial charge in [-0.15, -0.1) is 0 Å². The number of amides is 1. The molecular formula is C23H29BN4O3. The van der Waals surface area contributed by atoms with E-state index in [1.54, 1.807) is 24.7 Å². The molecule has 162 valence electrons. The Hall–Kier alpha value is -2.71.